The standard InChI is InChI=1S/C20H36OP2.C20H30/c1-15(11-14-21-23-22)7-9-17-16(2)8-10-18-19(3,4)12-6-13-20(17,18)5;1-14(2)15-7-9-17-16(13-15)8-10-18-19(3,4)11-6-12-20(17,18)5/h11,17-18,23H,2,6-10,12-14,22H2,1,3-5H3;7,9,13-14,18H,6,8,10-12H2,1-5H3/b15-11-;. The lowest BCUT2D eigenvalue weighted by molar-refractivity contribution is -0.0539. The summed E-state index contributed by atoms with van der Waals surface area (Å²) in [5, 5.41) is 0. The predicted octanol–water partition coefficient (Wildman–Crippen LogP) is 12.8. The van der Waals surface area contributed by atoms with E-state index in [4.69, 9.17) is 4.52 Å². The first-order valence-electron chi connectivity index (χ1n) is 17.7. The minimum Gasteiger partial charge on any atom is -0.354 e. The van der Waals surface area contributed by atoms with Gasteiger partial charge in [-0.15, -0.1) is 0 Å². The lowest BCUT2D eigenvalue weighted by Crippen LogP contribution is -2.49. The van der Waals surface area contributed by atoms with Crippen molar-refractivity contribution in [2.24, 2.45) is 34.0 Å². The summed E-state index contributed by atoms with van der Waals surface area (Å²) >= 11 is 0. The van der Waals surface area contributed by atoms with Gasteiger partial charge in [-0.05, 0) is 133 Å². The average Bonchev–Trinajstić information content (AvgIpc) is 2.92. The van der Waals surface area contributed by atoms with Gasteiger partial charge in [0.2, 0.25) is 0 Å². The van der Waals surface area contributed by atoms with Crippen LogP contribution in [0.15, 0.2) is 42.0 Å². The van der Waals surface area contributed by atoms with Crippen molar-refractivity contribution in [2.45, 2.75) is 151 Å². The molecule has 7 atom stereocenters. The van der Waals surface area contributed by atoms with Gasteiger partial charge in [-0.2, -0.15) is 0 Å². The molecule has 0 bridgehead atoms. The number of allylic oxidation sites excluding steroid dienone is 2. The van der Waals surface area contributed by atoms with Gasteiger partial charge in [-0.3, -0.25) is 0 Å². The van der Waals surface area contributed by atoms with Gasteiger partial charge in [-0.1, -0.05) is 119 Å². The van der Waals surface area contributed by atoms with Crippen LogP contribution < -0.4 is 0 Å². The minimum atomic E-state index is 0.421. The second-order valence-electron chi connectivity index (χ2n) is 17.1. The van der Waals surface area contributed by atoms with Crippen molar-refractivity contribution in [1.29, 1.82) is 0 Å². The number of rotatable bonds is 7. The summed E-state index contributed by atoms with van der Waals surface area (Å²) in [5.74, 6) is 3.08. The van der Waals surface area contributed by atoms with Crippen LogP contribution in [0.5, 0.6) is 0 Å². The van der Waals surface area contributed by atoms with Gasteiger partial charge in [0, 0.05) is 8.50 Å². The van der Waals surface area contributed by atoms with Gasteiger partial charge in [-0.25, -0.2) is 0 Å². The van der Waals surface area contributed by atoms with Crippen LogP contribution in [0.3, 0.4) is 0 Å². The van der Waals surface area contributed by atoms with E-state index < -0.39 is 0 Å². The van der Waals surface area contributed by atoms with Crippen molar-refractivity contribution >= 4 is 17.4 Å². The molecule has 0 N–H and O–H groups in total. The molecule has 0 amide bonds. The molecule has 0 aromatic heterocycles. The molecular weight excluding hydrogens is 558 g/mol. The van der Waals surface area contributed by atoms with E-state index in [1.165, 1.54) is 93.8 Å². The Morgan fingerprint density at radius 2 is 1.63 bits per heavy atom. The number of benzene rings is 1. The lowest BCUT2D eigenvalue weighted by Gasteiger charge is -2.58. The highest BCUT2D eigenvalue weighted by molar-refractivity contribution is 8.00. The molecule has 4 aliphatic rings. The van der Waals surface area contributed by atoms with Crippen LogP contribution in [0, 0.1) is 34.0 Å². The first-order chi connectivity index (χ1) is 20.2. The lowest BCUT2D eigenvalue weighted by atomic mass is 9.47. The van der Waals surface area contributed by atoms with E-state index in [1.807, 2.05) is 0 Å². The first-order valence-corrected chi connectivity index (χ1v) is 20.4. The highest BCUT2D eigenvalue weighted by atomic mass is 32.0. The van der Waals surface area contributed by atoms with E-state index in [9.17, 15) is 0 Å². The van der Waals surface area contributed by atoms with Crippen molar-refractivity contribution < 1.29 is 4.52 Å². The average molecular weight is 625 g/mol. The Balaban J connectivity index is 0.000000198. The minimum absolute atomic E-state index is 0.421. The van der Waals surface area contributed by atoms with Crippen LogP contribution in [0.25, 0.3) is 0 Å². The van der Waals surface area contributed by atoms with Crippen molar-refractivity contribution in [1.82, 2.24) is 0 Å². The van der Waals surface area contributed by atoms with E-state index in [0.29, 0.717) is 42.0 Å². The zero-order valence-corrected chi connectivity index (χ0v) is 31.7. The third kappa shape index (κ3) is 7.58. The van der Waals surface area contributed by atoms with Crippen LogP contribution in [-0.4, -0.2) is 6.61 Å². The molecule has 1 aromatic rings. The molecule has 1 aromatic carbocycles. The normalized spacial score (nSPS) is 33.4. The summed E-state index contributed by atoms with van der Waals surface area (Å²) in [6, 6.07) is 7.36. The molecule has 3 saturated carbocycles. The van der Waals surface area contributed by atoms with E-state index in [2.05, 4.69) is 102 Å². The monoisotopic (exact) mass is 624 g/mol. The van der Waals surface area contributed by atoms with E-state index in [0.717, 1.165) is 18.4 Å². The third-order valence-electron chi connectivity index (χ3n) is 13.1. The van der Waals surface area contributed by atoms with Gasteiger partial charge in [0.15, 0.2) is 0 Å². The summed E-state index contributed by atoms with van der Waals surface area (Å²) in [6.45, 7) is 27.2. The Morgan fingerprint density at radius 1 is 0.977 bits per heavy atom. The summed E-state index contributed by atoms with van der Waals surface area (Å²) in [6.07, 6.45) is 18.4. The maximum atomic E-state index is 5.45. The Bertz CT molecular complexity index is 1150. The summed E-state index contributed by atoms with van der Waals surface area (Å²) < 4.78 is 5.45. The summed E-state index contributed by atoms with van der Waals surface area (Å²) in [7, 11) is 3.14. The largest absolute Gasteiger partial charge is 0.354 e. The van der Waals surface area contributed by atoms with Crippen LogP contribution in [-0.2, 0) is 16.4 Å². The number of hydrogen-bond acceptors (Lipinski definition) is 1. The molecule has 0 spiro atoms. The number of hydrogen-bond donors (Lipinski definition) is 0. The van der Waals surface area contributed by atoms with Gasteiger partial charge < -0.3 is 4.52 Å². The molecular formula is C40H66OP2. The Labute approximate surface area is 271 Å². The van der Waals surface area contributed by atoms with Crippen molar-refractivity contribution in [2.75, 3.05) is 6.61 Å². The molecule has 4 aliphatic carbocycles. The van der Waals surface area contributed by atoms with Crippen molar-refractivity contribution in [3.8, 4) is 0 Å². The van der Waals surface area contributed by atoms with Gasteiger partial charge in [0.25, 0.3) is 0 Å². The van der Waals surface area contributed by atoms with Crippen LogP contribution in [0.4, 0.5) is 0 Å². The molecule has 0 aliphatic heterocycles. The van der Waals surface area contributed by atoms with Crippen LogP contribution in [0.1, 0.15) is 156 Å². The van der Waals surface area contributed by atoms with Crippen molar-refractivity contribution in [3.05, 3.63) is 58.7 Å². The molecule has 5 rings (SSSR count). The second kappa shape index (κ2) is 14.1. The van der Waals surface area contributed by atoms with E-state index in [-0.39, 0.29) is 0 Å². The number of aryl methyl sites for hydroxylation is 1. The molecule has 7 unspecified atom stereocenters. The number of fused-ring (bicyclic) bond motifs is 4. The third-order valence-corrected chi connectivity index (χ3v) is 13.9. The Morgan fingerprint density at radius 3 is 2.30 bits per heavy atom. The van der Waals surface area contributed by atoms with Crippen molar-refractivity contribution in [3.63, 3.8) is 0 Å². The molecule has 3 fully saturated rings. The maximum absolute atomic E-state index is 5.45. The predicted molar refractivity (Wildman–Crippen MR) is 195 cm³/mol. The second-order valence-corrected chi connectivity index (χ2v) is 18.3. The van der Waals surface area contributed by atoms with Gasteiger partial charge in [0.1, 0.15) is 0 Å². The summed E-state index contributed by atoms with van der Waals surface area (Å²) in [5.41, 5.74) is 9.74. The van der Waals surface area contributed by atoms with Crippen LogP contribution in [0.2, 0.25) is 0 Å². The fraction of sp³-hybridized carbons (Fsp3) is 0.750. The molecule has 3 heteroatoms. The van der Waals surface area contributed by atoms with E-state index in [1.54, 1.807) is 11.1 Å². The zero-order chi connectivity index (χ0) is 31.6. The SMILES string of the molecule is C=C1CCC2C(C)(C)CCCC2(C)C1CC/C(C)=C\COPP.CC(C)c1ccc2c(c1)CCC1C(C)(C)CCCC21C. The quantitative estimate of drug-likeness (QED) is 0.167. The molecule has 1 nitrogen and oxygen atoms in total. The Hall–Kier alpha value is -0.480. The highest BCUT2D eigenvalue weighted by Crippen LogP contribution is 2.62. The fourth-order valence-corrected chi connectivity index (χ4v) is 11.2. The highest BCUT2D eigenvalue weighted by Gasteiger charge is 2.52. The molecule has 43 heavy (non-hydrogen) atoms. The molecule has 0 radical (unpaired) electrons. The van der Waals surface area contributed by atoms with Crippen LogP contribution >= 0.6 is 17.4 Å². The molecule has 242 valence electrons. The van der Waals surface area contributed by atoms with E-state index >= 15 is 0 Å². The van der Waals surface area contributed by atoms with Gasteiger partial charge >= 0.3 is 0 Å². The zero-order valence-electron chi connectivity index (χ0n) is 29.5. The summed E-state index contributed by atoms with van der Waals surface area (Å²) in [4.78, 5) is 0. The topological polar surface area (TPSA) is 9.23 Å². The van der Waals surface area contributed by atoms with Gasteiger partial charge in [0.05, 0.1) is 6.61 Å². The maximum Gasteiger partial charge on any atom is 0.0693 e. The molecule has 0 heterocycles. The first kappa shape index (κ1) is 35.4. The molecule has 0 saturated heterocycles. The Kier molecular flexibility index (Phi) is 11.6. The smallest absolute Gasteiger partial charge is 0.0693 e. The fourth-order valence-electron chi connectivity index (χ4n) is 10.7.